The van der Waals surface area contributed by atoms with Gasteiger partial charge in [0.2, 0.25) is 5.95 Å². The Morgan fingerprint density at radius 1 is 1.33 bits per heavy atom. The lowest BCUT2D eigenvalue weighted by molar-refractivity contribution is 0.480. The van der Waals surface area contributed by atoms with Crippen molar-refractivity contribution in [2.45, 2.75) is 19.4 Å². The van der Waals surface area contributed by atoms with E-state index in [0.29, 0.717) is 5.95 Å². The zero-order chi connectivity index (χ0) is 10.7. The Kier molecular flexibility index (Phi) is 2.62. The smallest absolute Gasteiger partial charge is 0.240 e. The topological polar surface area (TPSA) is 69.6 Å². The van der Waals surface area contributed by atoms with Gasteiger partial charge in [-0.3, -0.25) is 0 Å². The molecule has 0 bridgehead atoms. The first kappa shape index (κ1) is 9.64. The van der Waals surface area contributed by atoms with Gasteiger partial charge in [0.25, 0.3) is 0 Å². The summed E-state index contributed by atoms with van der Waals surface area (Å²) in [4.78, 5) is 0. The summed E-state index contributed by atoms with van der Waals surface area (Å²) in [6.45, 7) is 2.04. The number of nitrogens with zero attached hydrogens (tertiary/aromatic N) is 4. The number of nitrogen functional groups attached to an aromatic ring is 1. The molecule has 5 heteroatoms. The predicted molar refractivity (Wildman–Crippen MR) is 57.1 cm³/mol. The summed E-state index contributed by atoms with van der Waals surface area (Å²) in [5, 5.41) is 11.0. The van der Waals surface area contributed by atoms with Gasteiger partial charge < -0.3 is 5.73 Å². The fourth-order valence-corrected chi connectivity index (χ4v) is 1.56. The van der Waals surface area contributed by atoms with Crippen molar-refractivity contribution in [3.05, 3.63) is 35.9 Å². The van der Waals surface area contributed by atoms with Gasteiger partial charge in [0, 0.05) is 0 Å². The Morgan fingerprint density at radius 2 is 2.07 bits per heavy atom. The quantitative estimate of drug-likeness (QED) is 0.809. The Hall–Kier alpha value is -1.91. The van der Waals surface area contributed by atoms with Crippen LogP contribution in [0.25, 0.3) is 0 Å². The summed E-state index contributed by atoms with van der Waals surface area (Å²) in [6, 6.07) is 10.4. The lowest BCUT2D eigenvalue weighted by atomic mass is 10.1. The summed E-state index contributed by atoms with van der Waals surface area (Å²) in [5.74, 6) is 0.360. The van der Waals surface area contributed by atoms with Gasteiger partial charge >= 0.3 is 0 Å². The van der Waals surface area contributed by atoms with E-state index in [9.17, 15) is 0 Å². The maximum Gasteiger partial charge on any atom is 0.240 e. The first-order valence-electron chi connectivity index (χ1n) is 4.84. The van der Waals surface area contributed by atoms with E-state index in [1.807, 2.05) is 25.1 Å². The number of aromatic nitrogens is 4. The van der Waals surface area contributed by atoms with E-state index >= 15 is 0 Å². The number of hydrogen-bond donors (Lipinski definition) is 1. The molecule has 0 aliphatic heterocycles. The summed E-state index contributed by atoms with van der Waals surface area (Å²) in [5.41, 5.74) is 6.87. The van der Waals surface area contributed by atoms with Crippen molar-refractivity contribution in [3.8, 4) is 0 Å². The van der Waals surface area contributed by atoms with Crippen LogP contribution in [0, 0.1) is 0 Å². The van der Waals surface area contributed by atoms with Crippen molar-refractivity contribution >= 4 is 5.95 Å². The molecule has 1 atom stereocenters. The molecular formula is C10H13N5. The Balaban J connectivity index is 2.11. The monoisotopic (exact) mass is 203 g/mol. The molecule has 15 heavy (non-hydrogen) atoms. The minimum atomic E-state index is 0.169. The number of benzene rings is 1. The molecule has 1 heterocycles. The average Bonchev–Trinajstić information content (AvgIpc) is 2.66. The molecule has 1 aromatic carbocycles. The standard InChI is InChI=1S/C10H13N5/c1-8(15-10(11)12-13-14-15)7-9-5-3-2-4-6-9/h2-6,8H,7H2,1H3,(H2,11,12,14). The predicted octanol–water partition coefficient (Wildman–Crippen LogP) is 1.06. The number of anilines is 1. The van der Waals surface area contributed by atoms with Crippen LogP contribution in [-0.2, 0) is 6.42 Å². The number of nitrogens with two attached hydrogens (primary N) is 1. The third-order valence-corrected chi connectivity index (χ3v) is 2.31. The van der Waals surface area contributed by atoms with Gasteiger partial charge in [-0.2, -0.15) is 0 Å². The molecule has 0 aliphatic rings. The van der Waals surface area contributed by atoms with Gasteiger partial charge in [-0.25, -0.2) is 4.68 Å². The zero-order valence-corrected chi connectivity index (χ0v) is 8.54. The molecular weight excluding hydrogens is 190 g/mol. The van der Waals surface area contributed by atoms with E-state index < -0.39 is 0 Å². The highest BCUT2D eigenvalue weighted by Gasteiger charge is 2.10. The molecule has 0 amide bonds. The van der Waals surface area contributed by atoms with Crippen molar-refractivity contribution < 1.29 is 0 Å². The lowest BCUT2D eigenvalue weighted by Crippen LogP contribution is -2.13. The highest BCUT2D eigenvalue weighted by molar-refractivity contribution is 5.17. The summed E-state index contributed by atoms with van der Waals surface area (Å²) >= 11 is 0. The molecule has 0 radical (unpaired) electrons. The lowest BCUT2D eigenvalue weighted by Gasteiger charge is -2.11. The van der Waals surface area contributed by atoms with Crippen LogP contribution in [0.5, 0.6) is 0 Å². The van der Waals surface area contributed by atoms with Crippen LogP contribution in [0.3, 0.4) is 0 Å². The molecule has 0 spiro atoms. The second kappa shape index (κ2) is 4.08. The molecule has 1 aromatic heterocycles. The van der Waals surface area contributed by atoms with Crippen LogP contribution >= 0.6 is 0 Å². The fraction of sp³-hybridized carbons (Fsp3) is 0.300. The van der Waals surface area contributed by atoms with Crippen LogP contribution in [0.2, 0.25) is 0 Å². The van der Waals surface area contributed by atoms with Gasteiger partial charge in [0.15, 0.2) is 0 Å². The molecule has 78 valence electrons. The Morgan fingerprint density at radius 3 is 2.67 bits per heavy atom. The van der Waals surface area contributed by atoms with E-state index in [-0.39, 0.29) is 6.04 Å². The van der Waals surface area contributed by atoms with Crippen LogP contribution in [0.4, 0.5) is 5.95 Å². The molecule has 0 fully saturated rings. The molecule has 0 aliphatic carbocycles. The average molecular weight is 203 g/mol. The molecule has 5 nitrogen and oxygen atoms in total. The number of hydrogen-bond acceptors (Lipinski definition) is 4. The summed E-state index contributed by atoms with van der Waals surface area (Å²) in [6.07, 6.45) is 0.871. The van der Waals surface area contributed by atoms with E-state index in [1.165, 1.54) is 5.56 Å². The number of rotatable bonds is 3. The van der Waals surface area contributed by atoms with E-state index in [0.717, 1.165) is 6.42 Å². The maximum atomic E-state index is 5.62. The highest BCUT2D eigenvalue weighted by Crippen LogP contribution is 2.13. The van der Waals surface area contributed by atoms with Gasteiger partial charge in [-0.05, 0) is 29.3 Å². The van der Waals surface area contributed by atoms with Crippen molar-refractivity contribution in [1.29, 1.82) is 0 Å². The van der Waals surface area contributed by atoms with E-state index in [4.69, 9.17) is 5.73 Å². The van der Waals surface area contributed by atoms with Crippen LogP contribution in [-0.4, -0.2) is 20.2 Å². The normalized spacial score (nSPS) is 12.6. The second-order valence-corrected chi connectivity index (χ2v) is 3.52. The Labute approximate surface area is 87.9 Å². The fourth-order valence-electron chi connectivity index (χ4n) is 1.56. The van der Waals surface area contributed by atoms with E-state index in [1.54, 1.807) is 4.68 Å². The van der Waals surface area contributed by atoms with Gasteiger partial charge in [-0.1, -0.05) is 35.4 Å². The molecule has 2 rings (SSSR count). The molecule has 1 unspecified atom stereocenters. The maximum absolute atomic E-state index is 5.62. The molecule has 2 N–H and O–H groups in total. The van der Waals surface area contributed by atoms with Gasteiger partial charge in [0.1, 0.15) is 0 Å². The van der Waals surface area contributed by atoms with Crippen molar-refractivity contribution in [2.75, 3.05) is 5.73 Å². The van der Waals surface area contributed by atoms with Crippen molar-refractivity contribution in [2.24, 2.45) is 0 Å². The van der Waals surface area contributed by atoms with Crippen LogP contribution in [0.1, 0.15) is 18.5 Å². The van der Waals surface area contributed by atoms with Crippen LogP contribution < -0.4 is 5.73 Å². The third-order valence-electron chi connectivity index (χ3n) is 2.31. The molecule has 2 aromatic rings. The first-order chi connectivity index (χ1) is 7.27. The SMILES string of the molecule is CC(Cc1ccccc1)n1nnnc1N. The van der Waals surface area contributed by atoms with Gasteiger partial charge in [0.05, 0.1) is 6.04 Å². The highest BCUT2D eigenvalue weighted by atomic mass is 15.6. The van der Waals surface area contributed by atoms with E-state index in [2.05, 4.69) is 27.7 Å². The van der Waals surface area contributed by atoms with Crippen molar-refractivity contribution in [1.82, 2.24) is 20.2 Å². The zero-order valence-electron chi connectivity index (χ0n) is 8.54. The largest absolute Gasteiger partial charge is 0.367 e. The second-order valence-electron chi connectivity index (χ2n) is 3.52. The Bertz CT molecular complexity index is 422. The molecule has 0 saturated heterocycles. The first-order valence-corrected chi connectivity index (χ1v) is 4.84. The number of tetrazole rings is 1. The summed E-state index contributed by atoms with van der Waals surface area (Å²) in [7, 11) is 0. The van der Waals surface area contributed by atoms with Crippen LogP contribution in [0.15, 0.2) is 30.3 Å². The summed E-state index contributed by atoms with van der Waals surface area (Å²) < 4.78 is 1.63. The molecule has 0 saturated carbocycles. The third kappa shape index (κ3) is 2.12. The van der Waals surface area contributed by atoms with Gasteiger partial charge in [-0.15, -0.1) is 0 Å². The minimum Gasteiger partial charge on any atom is -0.367 e. The van der Waals surface area contributed by atoms with Crippen molar-refractivity contribution in [3.63, 3.8) is 0 Å². The minimum absolute atomic E-state index is 0.169.